The summed E-state index contributed by atoms with van der Waals surface area (Å²) in [5.74, 6) is 0. The molecule has 1 aliphatic rings. The number of morpholine rings is 1. The molecule has 41 valence electrons. The van der Waals surface area contributed by atoms with E-state index in [1.165, 1.54) is 0 Å². The van der Waals surface area contributed by atoms with Crippen molar-refractivity contribution >= 4 is 0 Å². The zero-order valence-electron chi connectivity index (χ0n) is 3.98. The van der Waals surface area contributed by atoms with Crippen LogP contribution in [0.2, 0.25) is 0 Å². The monoisotopic (exact) mass is 102 g/mol. The van der Waals surface area contributed by atoms with E-state index in [2.05, 4.69) is 10.1 Å². The molecular weight excluding hydrogens is 94.0 g/mol. The molecule has 0 bridgehead atoms. The number of rotatable bonds is 0. The van der Waals surface area contributed by atoms with Gasteiger partial charge in [-0.2, -0.15) is 0 Å². The van der Waals surface area contributed by atoms with Crippen LogP contribution in [0.15, 0.2) is 0 Å². The highest BCUT2D eigenvalue weighted by Crippen LogP contribution is 1.96. The summed E-state index contributed by atoms with van der Waals surface area (Å²) in [6.45, 7) is 1.91. The first-order valence-corrected chi connectivity index (χ1v) is 2.28. The van der Waals surface area contributed by atoms with Crippen LogP contribution in [-0.2, 0) is 4.74 Å². The molecule has 1 radical (unpaired) electrons. The van der Waals surface area contributed by atoms with Crippen LogP contribution >= 0.6 is 0 Å². The van der Waals surface area contributed by atoms with Crippen molar-refractivity contribution in [1.82, 2.24) is 5.32 Å². The van der Waals surface area contributed by atoms with Crippen LogP contribution in [0.5, 0.6) is 0 Å². The lowest BCUT2D eigenvalue weighted by atomic mass is 10.5. The van der Waals surface area contributed by atoms with Crippen LogP contribution in [0.25, 0.3) is 0 Å². The maximum Gasteiger partial charge on any atom is 0.235 e. The highest BCUT2D eigenvalue weighted by molar-refractivity contribution is 4.69. The molecule has 0 aromatic rings. The molecule has 1 saturated heterocycles. The molecule has 0 aliphatic carbocycles. The molecule has 1 rings (SSSR count). The summed E-state index contributed by atoms with van der Waals surface area (Å²) < 4.78 is 4.69. The fourth-order valence-electron chi connectivity index (χ4n) is 0.487. The van der Waals surface area contributed by atoms with Gasteiger partial charge in [0, 0.05) is 6.54 Å². The van der Waals surface area contributed by atoms with Gasteiger partial charge in [-0.05, 0) is 0 Å². The molecular formula is C4H8NO2. The van der Waals surface area contributed by atoms with E-state index >= 15 is 0 Å². The predicted octanol–water partition coefficient (Wildman–Crippen LogP) is -0.532. The maximum atomic E-state index is 8.54. The van der Waals surface area contributed by atoms with Gasteiger partial charge >= 0.3 is 0 Å². The van der Waals surface area contributed by atoms with E-state index in [-0.39, 0.29) is 6.29 Å². The van der Waals surface area contributed by atoms with Gasteiger partial charge in [-0.1, -0.05) is 0 Å². The third-order valence-corrected chi connectivity index (χ3v) is 0.824. The zero-order valence-corrected chi connectivity index (χ0v) is 3.98. The van der Waals surface area contributed by atoms with Gasteiger partial charge < -0.3 is 15.2 Å². The van der Waals surface area contributed by atoms with E-state index in [1.807, 2.05) is 0 Å². The van der Waals surface area contributed by atoms with Gasteiger partial charge in [-0.15, -0.1) is 0 Å². The lowest BCUT2D eigenvalue weighted by molar-refractivity contribution is -0.0141. The van der Waals surface area contributed by atoms with Crippen molar-refractivity contribution in [2.75, 3.05) is 19.7 Å². The molecule has 3 heteroatoms. The lowest BCUT2D eigenvalue weighted by Crippen LogP contribution is -2.33. The van der Waals surface area contributed by atoms with Gasteiger partial charge in [0.25, 0.3) is 0 Å². The summed E-state index contributed by atoms with van der Waals surface area (Å²) in [4.78, 5) is 0. The fourth-order valence-corrected chi connectivity index (χ4v) is 0.487. The third-order valence-electron chi connectivity index (χ3n) is 0.824. The van der Waals surface area contributed by atoms with Gasteiger partial charge in [-0.25, -0.2) is 0 Å². The molecule has 0 aromatic heterocycles. The topological polar surface area (TPSA) is 41.5 Å². The Bertz CT molecular complexity index is 51.7. The number of aliphatic hydroxyl groups excluding tert-OH is 1. The SMILES string of the molecule is O[C]1CNCCO1. The average Bonchev–Trinajstić information content (AvgIpc) is 1.69. The number of hydrogen-bond donors (Lipinski definition) is 2. The van der Waals surface area contributed by atoms with E-state index in [4.69, 9.17) is 5.11 Å². The second-order valence-electron chi connectivity index (χ2n) is 1.42. The Labute approximate surface area is 42.3 Å². The van der Waals surface area contributed by atoms with Crippen molar-refractivity contribution in [2.45, 2.75) is 0 Å². The summed E-state index contributed by atoms with van der Waals surface area (Å²) in [5, 5.41) is 11.5. The van der Waals surface area contributed by atoms with Crippen LogP contribution in [0.4, 0.5) is 0 Å². The Kier molecular flexibility index (Phi) is 1.62. The minimum absolute atomic E-state index is 0.103. The van der Waals surface area contributed by atoms with E-state index in [1.54, 1.807) is 0 Å². The molecule has 0 aromatic carbocycles. The molecule has 0 saturated carbocycles. The maximum absolute atomic E-state index is 8.54. The van der Waals surface area contributed by atoms with Gasteiger partial charge in [0.05, 0.1) is 13.2 Å². The van der Waals surface area contributed by atoms with E-state index in [0.29, 0.717) is 13.2 Å². The molecule has 0 spiro atoms. The number of aliphatic hydroxyl groups is 1. The highest BCUT2D eigenvalue weighted by atomic mass is 16.6. The fraction of sp³-hybridized carbons (Fsp3) is 0.750. The Morgan fingerprint density at radius 3 is 2.86 bits per heavy atom. The number of nitrogens with one attached hydrogen (secondary N) is 1. The minimum atomic E-state index is 0.103. The molecule has 1 aliphatic heterocycles. The first-order chi connectivity index (χ1) is 3.39. The first kappa shape index (κ1) is 5.03. The number of hydrogen-bond acceptors (Lipinski definition) is 3. The van der Waals surface area contributed by atoms with Gasteiger partial charge in [0.2, 0.25) is 6.29 Å². The van der Waals surface area contributed by atoms with Crippen LogP contribution in [0.3, 0.4) is 0 Å². The molecule has 1 fully saturated rings. The number of ether oxygens (including phenoxy) is 1. The van der Waals surface area contributed by atoms with Gasteiger partial charge in [-0.3, -0.25) is 0 Å². The van der Waals surface area contributed by atoms with Crippen LogP contribution in [0, 0.1) is 6.29 Å². The summed E-state index contributed by atoms with van der Waals surface area (Å²) in [7, 11) is 0. The second-order valence-corrected chi connectivity index (χ2v) is 1.42. The molecule has 1 heterocycles. The van der Waals surface area contributed by atoms with Crippen LogP contribution < -0.4 is 5.32 Å². The van der Waals surface area contributed by atoms with Crippen molar-refractivity contribution < 1.29 is 9.84 Å². The average molecular weight is 102 g/mol. The minimum Gasteiger partial charge on any atom is -0.360 e. The summed E-state index contributed by atoms with van der Waals surface area (Å²) in [6.07, 6.45) is 0.103. The van der Waals surface area contributed by atoms with Crippen molar-refractivity contribution in [1.29, 1.82) is 0 Å². The second kappa shape index (κ2) is 2.26. The van der Waals surface area contributed by atoms with E-state index in [0.717, 1.165) is 6.54 Å². The molecule has 7 heavy (non-hydrogen) atoms. The Balaban J connectivity index is 2.12. The zero-order chi connectivity index (χ0) is 5.11. The molecule has 0 unspecified atom stereocenters. The lowest BCUT2D eigenvalue weighted by Gasteiger charge is -2.15. The predicted molar refractivity (Wildman–Crippen MR) is 24.0 cm³/mol. The van der Waals surface area contributed by atoms with Crippen LogP contribution in [0.1, 0.15) is 0 Å². The quantitative estimate of drug-likeness (QED) is 0.432. The van der Waals surface area contributed by atoms with Crippen molar-refractivity contribution in [2.24, 2.45) is 0 Å². The van der Waals surface area contributed by atoms with Gasteiger partial charge in [0.1, 0.15) is 0 Å². The molecule has 2 N–H and O–H groups in total. The smallest absolute Gasteiger partial charge is 0.235 e. The van der Waals surface area contributed by atoms with Gasteiger partial charge in [0.15, 0.2) is 0 Å². The third kappa shape index (κ3) is 1.43. The van der Waals surface area contributed by atoms with Crippen molar-refractivity contribution in [3.05, 3.63) is 6.29 Å². The summed E-state index contributed by atoms with van der Waals surface area (Å²) in [6, 6.07) is 0. The largest absolute Gasteiger partial charge is 0.360 e. The Morgan fingerprint density at radius 2 is 2.57 bits per heavy atom. The Morgan fingerprint density at radius 1 is 1.71 bits per heavy atom. The standard InChI is InChI=1S/C4H8NO2/c6-4-3-5-1-2-7-4/h5-6H,1-3H2. The van der Waals surface area contributed by atoms with Crippen molar-refractivity contribution in [3.8, 4) is 0 Å². The summed E-state index contributed by atoms with van der Waals surface area (Å²) >= 11 is 0. The normalized spacial score (nSPS) is 25.3. The summed E-state index contributed by atoms with van der Waals surface area (Å²) in [5.41, 5.74) is 0. The highest BCUT2D eigenvalue weighted by Gasteiger charge is 2.08. The van der Waals surface area contributed by atoms with E-state index < -0.39 is 0 Å². The molecule has 3 nitrogen and oxygen atoms in total. The Hall–Kier alpha value is -0.120. The van der Waals surface area contributed by atoms with Crippen LogP contribution in [-0.4, -0.2) is 24.8 Å². The molecule has 0 atom stereocenters. The van der Waals surface area contributed by atoms with E-state index in [9.17, 15) is 0 Å². The molecule has 0 amide bonds. The first-order valence-electron chi connectivity index (χ1n) is 2.28. The van der Waals surface area contributed by atoms with Crippen molar-refractivity contribution in [3.63, 3.8) is 0 Å².